The molecule has 6 heteroatoms. The smallest absolute Gasteiger partial charge is 0.269 e. The van der Waals surface area contributed by atoms with E-state index in [1.807, 2.05) is 18.2 Å². The number of hydrogen-bond acceptors (Lipinski definition) is 5. The van der Waals surface area contributed by atoms with Gasteiger partial charge in [-0.2, -0.15) is 0 Å². The van der Waals surface area contributed by atoms with Gasteiger partial charge in [0.1, 0.15) is 5.58 Å². The Morgan fingerprint density at radius 1 is 1.08 bits per heavy atom. The molecule has 0 aliphatic carbocycles. The van der Waals surface area contributed by atoms with Crippen LogP contribution in [-0.2, 0) is 0 Å². The van der Waals surface area contributed by atoms with E-state index in [-0.39, 0.29) is 16.4 Å². The molecule has 24 heavy (non-hydrogen) atoms. The summed E-state index contributed by atoms with van der Waals surface area (Å²) < 4.78 is 5.88. The third kappa shape index (κ3) is 2.41. The minimum atomic E-state index is -0.423. The van der Waals surface area contributed by atoms with Gasteiger partial charge in [0.25, 0.3) is 5.69 Å². The number of para-hydroxylation sites is 1. The van der Waals surface area contributed by atoms with Gasteiger partial charge < -0.3 is 4.42 Å². The Labute approximate surface area is 140 Å². The van der Waals surface area contributed by atoms with Crippen LogP contribution in [-0.4, -0.2) is 4.92 Å². The molecule has 3 aromatic rings. The van der Waals surface area contributed by atoms with E-state index in [9.17, 15) is 14.9 Å². The molecule has 2 aromatic carbocycles. The number of nitro groups is 1. The van der Waals surface area contributed by atoms with Crippen LogP contribution >= 0.6 is 11.8 Å². The second-order valence-electron chi connectivity index (χ2n) is 5.37. The van der Waals surface area contributed by atoms with Crippen LogP contribution in [0.25, 0.3) is 17.0 Å². The fraction of sp³-hybridized carbons (Fsp3) is 0.0556. The van der Waals surface area contributed by atoms with Crippen molar-refractivity contribution in [2.45, 2.75) is 10.3 Å². The van der Waals surface area contributed by atoms with E-state index in [0.717, 1.165) is 5.56 Å². The highest BCUT2D eigenvalue weighted by atomic mass is 32.2. The third-order valence-corrected chi connectivity index (χ3v) is 5.10. The summed E-state index contributed by atoms with van der Waals surface area (Å²) >= 11 is 1.43. The Morgan fingerprint density at radius 3 is 2.58 bits per heavy atom. The largest absolute Gasteiger partial charge is 0.449 e. The number of nitrogens with zero attached hydrogens (tertiary/aromatic N) is 1. The first-order valence-corrected chi connectivity index (χ1v) is 8.16. The Hall–Kier alpha value is -2.86. The van der Waals surface area contributed by atoms with Gasteiger partial charge in [0.2, 0.25) is 5.43 Å². The molecule has 5 nitrogen and oxygen atoms in total. The lowest BCUT2D eigenvalue weighted by molar-refractivity contribution is -0.384. The third-order valence-electron chi connectivity index (χ3n) is 3.90. The van der Waals surface area contributed by atoms with Crippen molar-refractivity contribution in [3.63, 3.8) is 0 Å². The molecule has 0 amide bonds. The number of non-ortho nitro benzene ring substituents is 1. The summed E-state index contributed by atoms with van der Waals surface area (Å²) in [5, 5.41) is 11.8. The Morgan fingerprint density at radius 2 is 1.83 bits per heavy atom. The summed E-state index contributed by atoms with van der Waals surface area (Å²) in [4.78, 5) is 22.9. The summed E-state index contributed by atoms with van der Waals surface area (Å²) in [6.07, 6.45) is 3.69. The lowest BCUT2D eigenvalue weighted by Crippen LogP contribution is -2.10. The highest BCUT2D eigenvalue weighted by Crippen LogP contribution is 2.42. The molecule has 1 aromatic heterocycles. The first-order valence-electron chi connectivity index (χ1n) is 7.28. The van der Waals surface area contributed by atoms with Crippen LogP contribution in [0.5, 0.6) is 0 Å². The van der Waals surface area contributed by atoms with E-state index in [4.69, 9.17) is 4.42 Å². The first-order chi connectivity index (χ1) is 11.6. The first kappa shape index (κ1) is 14.7. The molecular formula is C18H11NO4S. The van der Waals surface area contributed by atoms with Crippen LogP contribution in [0.15, 0.2) is 68.9 Å². The summed E-state index contributed by atoms with van der Waals surface area (Å²) in [6.45, 7) is 0. The van der Waals surface area contributed by atoms with Crippen molar-refractivity contribution in [3.8, 4) is 0 Å². The zero-order valence-corrected chi connectivity index (χ0v) is 13.2. The summed E-state index contributed by atoms with van der Waals surface area (Å²) in [7, 11) is 0. The maximum atomic E-state index is 12.5. The zero-order chi connectivity index (χ0) is 16.7. The quantitative estimate of drug-likeness (QED) is 0.506. The zero-order valence-electron chi connectivity index (χ0n) is 12.3. The standard InChI is InChI=1S/C18H11NO4S/c20-17-13-3-1-2-4-15(13)23-18-14(17)9-10-16(24-18)11-5-7-12(8-6-11)19(21)22/h1-10,16H. The second kappa shape index (κ2) is 5.65. The van der Waals surface area contributed by atoms with E-state index in [1.54, 1.807) is 30.3 Å². The normalized spacial score (nSPS) is 16.1. The van der Waals surface area contributed by atoms with Crippen LogP contribution in [0.2, 0.25) is 0 Å². The van der Waals surface area contributed by atoms with Gasteiger partial charge >= 0.3 is 0 Å². The molecule has 4 rings (SSSR count). The van der Waals surface area contributed by atoms with Crippen LogP contribution in [0.1, 0.15) is 16.4 Å². The van der Waals surface area contributed by atoms with Crippen molar-refractivity contribution >= 4 is 34.5 Å². The molecule has 1 unspecified atom stereocenters. The van der Waals surface area contributed by atoms with E-state index in [1.165, 1.54) is 23.9 Å². The van der Waals surface area contributed by atoms with Gasteiger partial charge in [-0.15, -0.1) is 0 Å². The molecule has 0 spiro atoms. The van der Waals surface area contributed by atoms with Gasteiger partial charge in [-0.1, -0.05) is 42.1 Å². The van der Waals surface area contributed by atoms with Crippen molar-refractivity contribution in [1.29, 1.82) is 0 Å². The maximum Gasteiger partial charge on any atom is 0.269 e. The Kier molecular flexibility index (Phi) is 3.46. The van der Waals surface area contributed by atoms with E-state index in [2.05, 4.69) is 0 Å². The molecule has 2 heterocycles. The number of rotatable bonds is 2. The number of hydrogen-bond donors (Lipinski definition) is 0. The molecule has 1 aliphatic heterocycles. The number of thioether (sulfide) groups is 1. The lowest BCUT2D eigenvalue weighted by atomic mass is 10.1. The fourth-order valence-electron chi connectivity index (χ4n) is 2.67. The summed E-state index contributed by atoms with van der Waals surface area (Å²) in [5.74, 6) is 0. The van der Waals surface area contributed by atoms with Crippen LogP contribution in [0.4, 0.5) is 5.69 Å². The highest BCUT2D eigenvalue weighted by molar-refractivity contribution is 7.99. The number of nitro benzene ring substituents is 1. The van der Waals surface area contributed by atoms with Gasteiger partial charge in [-0.25, -0.2) is 0 Å². The average molecular weight is 337 g/mol. The van der Waals surface area contributed by atoms with Gasteiger partial charge in [-0.05, 0) is 23.8 Å². The second-order valence-corrected chi connectivity index (χ2v) is 6.49. The molecule has 1 aliphatic rings. The van der Waals surface area contributed by atoms with Crippen molar-refractivity contribution < 1.29 is 9.34 Å². The van der Waals surface area contributed by atoms with E-state index >= 15 is 0 Å². The molecular weight excluding hydrogens is 326 g/mol. The van der Waals surface area contributed by atoms with Gasteiger partial charge in [0, 0.05) is 12.1 Å². The molecule has 118 valence electrons. The van der Waals surface area contributed by atoms with Gasteiger partial charge in [-0.3, -0.25) is 14.9 Å². The SMILES string of the molecule is O=c1c2c(oc3ccccc13)SC(c1ccc([N+](=O)[O-])cc1)C=C2. The Bertz CT molecular complexity index is 1040. The molecule has 0 N–H and O–H groups in total. The van der Waals surface area contributed by atoms with Crippen molar-refractivity contribution in [2.75, 3.05) is 0 Å². The summed E-state index contributed by atoms with van der Waals surface area (Å²) in [5.41, 5.74) is 2.05. The molecule has 0 fully saturated rings. The topological polar surface area (TPSA) is 73.3 Å². The number of fused-ring (bicyclic) bond motifs is 2. The predicted molar refractivity (Wildman–Crippen MR) is 93.2 cm³/mol. The van der Waals surface area contributed by atoms with Crippen molar-refractivity contribution in [2.24, 2.45) is 0 Å². The lowest BCUT2D eigenvalue weighted by Gasteiger charge is -2.18. The molecule has 0 saturated carbocycles. The monoisotopic (exact) mass is 337 g/mol. The molecule has 0 saturated heterocycles. The van der Waals surface area contributed by atoms with Crippen LogP contribution in [0, 0.1) is 10.1 Å². The predicted octanol–water partition coefficient (Wildman–Crippen LogP) is 4.56. The van der Waals surface area contributed by atoms with Crippen molar-refractivity contribution in [3.05, 3.63) is 86.1 Å². The molecule has 0 bridgehead atoms. The maximum absolute atomic E-state index is 12.5. The van der Waals surface area contributed by atoms with Crippen LogP contribution < -0.4 is 5.43 Å². The number of benzene rings is 2. The summed E-state index contributed by atoms with van der Waals surface area (Å²) in [6, 6.07) is 13.6. The molecule has 1 atom stereocenters. The minimum Gasteiger partial charge on any atom is -0.449 e. The fourth-order valence-corrected chi connectivity index (χ4v) is 3.78. The van der Waals surface area contributed by atoms with E-state index in [0.29, 0.717) is 21.6 Å². The minimum absolute atomic E-state index is 0.0438. The van der Waals surface area contributed by atoms with E-state index < -0.39 is 4.92 Å². The van der Waals surface area contributed by atoms with Gasteiger partial charge in [0.05, 0.1) is 21.1 Å². The Balaban J connectivity index is 1.74. The van der Waals surface area contributed by atoms with Crippen molar-refractivity contribution in [1.82, 2.24) is 0 Å². The van der Waals surface area contributed by atoms with Crippen LogP contribution in [0.3, 0.4) is 0 Å². The average Bonchev–Trinajstić information content (AvgIpc) is 2.61. The highest BCUT2D eigenvalue weighted by Gasteiger charge is 2.22. The van der Waals surface area contributed by atoms with Gasteiger partial charge in [0.15, 0.2) is 5.09 Å². The molecule has 0 radical (unpaired) electrons.